The molecule has 0 atom stereocenters. The van der Waals surface area contributed by atoms with E-state index in [0.717, 1.165) is 0 Å². The van der Waals surface area contributed by atoms with E-state index in [1.54, 1.807) is 13.0 Å². The molecule has 0 aliphatic carbocycles. The zero-order valence-corrected chi connectivity index (χ0v) is 8.99. The molecule has 0 N–H and O–H groups in total. The highest BCUT2D eigenvalue weighted by Crippen LogP contribution is 2.26. The number of oxime groups is 1. The summed E-state index contributed by atoms with van der Waals surface area (Å²) in [5.41, 5.74) is 0.571. The fourth-order valence-electron chi connectivity index (χ4n) is 1.21. The van der Waals surface area contributed by atoms with Crippen molar-refractivity contribution in [1.82, 2.24) is 0 Å². The fourth-order valence-corrected chi connectivity index (χ4v) is 1.51. The van der Waals surface area contributed by atoms with Crippen LogP contribution >= 0.6 is 11.6 Å². The third kappa shape index (κ3) is 2.44. The van der Waals surface area contributed by atoms with Crippen LogP contribution in [0, 0.1) is 10.1 Å². The van der Waals surface area contributed by atoms with Crippen LogP contribution in [0.25, 0.3) is 0 Å². The van der Waals surface area contributed by atoms with E-state index >= 15 is 0 Å². The van der Waals surface area contributed by atoms with E-state index in [4.69, 9.17) is 11.6 Å². The van der Waals surface area contributed by atoms with Gasteiger partial charge in [-0.3, -0.25) is 10.1 Å². The van der Waals surface area contributed by atoms with Gasteiger partial charge in [-0.1, -0.05) is 22.8 Å². The van der Waals surface area contributed by atoms with Crippen molar-refractivity contribution in [2.75, 3.05) is 7.11 Å². The summed E-state index contributed by atoms with van der Waals surface area (Å²) < 4.78 is 0. The molecule has 1 rings (SSSR count). The zero-order valence-electron chi connectivity index (χ0n) is 8.23. The van der Waals surface area contributed by atoms with Crippen LogP contribution in [0.3, 0.4) is 0 Å². The summed E-state index contributed by atoms with van der Waals surface area (Å²) in [6.07, 6.45) is 0. The van der Waals surface area contributed by atoms with Gasteiger partial charge in [-0.15, -0.1) is 0 Å². The summed E-state index contributed by atoms with van der Waals surface area (Å²) in [7, 11) is 1.37. The van der Waals surface area contributed by atoms with E-state index in [-0.39, 0.29) is 16.3 Å². The van der Waals surface area contributed by atoms with Crippen molar-refractivity contribution in [1.29, 1.82) is 0 Å². The number of benzene rings is 1. The van der Waals surface area contributed by atoms with Gasteiger partial charge in [0.15, 0.2) is 0 Å². The second kappa shape index (κ2) is 4.75. The van der Waals surface area contributed by atoms with Crippen LogP contribution < -0.4 is 0 Å². The van der Waals surface area contributed by atoms with Gasteiger partial charge in [-0.2, -0.15) is 0 Å². The third-order valence-electron chi connectivity index (χ3n) is 1.78. The number of nitro groups is 1. The predicted molar refractivity (Wildman–Crippen MR) is 57.3 cm³/mol. The normalized spacial score (nSPS) is 11.3. The Bertz CT molecular complexity index is 418. The highest BCUT2D eigenvalue weighted by molar-refractivity contribution is 6.34. The Labute approximate surface area is 91.4 Å². The smallest absolute Gasteiger partial charge is 0.280 e. The minimum Gasteiger partial charge on any atom is -0.399 e. The van der Waals surface area contributed by atoms with Crippen LogP contribution in [0.5, 0.6) is 0 Å². The van der Waals surface area contributed by atoms with Crippen molar-refractivity contribution in [2.24, 2.45) is 5.16 Å². The standard InChI is InChI=1S/C9H9ClN2O3/c1-6(11-15-2)9-7(10)4-3-5-8(9)12(13)14/h3-5H,1-2H3/b11-6-. The number of hydrogen-bond donors (Lipinski definition) is 0. The lowest BCUT2D eigenvalue weighted by molar-refractivity contribution is -0.385. The Morgan fingerprint density at radius 3 is 2.80 bits per heavy atom. The minimum atomic E-state index is -0.504. The lowest BCUT2D eigenvalue weighted by Gasteiger charge is -2.03. The van der Waals surface area contributed by atoms with Gasteiger partial charge >= 0.3 is 0 Å². The number of nitro benzene ring substituents is 1. The first-order valence-corrected chi connectivity index (χ1v) is 4.46. The highest BCUT2D eigenvalue weighted by atomic mass is 35.5. The second-order valence-electron chi connectivity index (χ2n) is 2.75. The molecule has 1 aromatic rings. The molecule has 0 aromatic heterocycles. The topological polar surface area (TPSA) is 64.7 Å². The van der Waals surface area contributed by atoms with Gasteiger partial charge in [-0.05, 0) is 13.0 Å². The largest absolute Gasteiger partial charge is 0.399 e. The van der Waals surface area contributed by atoms with Crippen LogP contribution in [0.1, 0.15) is 12.5 Å². The number of hydrogen-bond acceptors (Lipinski definition) is 4. The van der Waals surface area contributed by atoms with Crippen molar-refractivity contribution in [3.63, 3.8) is 0 Å². The van der Waals surface area contributed by atoms with Crippen molar-refractivity contribution in [2.45, 2.75) is 6.92 Å². The summed E-state index contributed by atoms with van der Waals surface area (Å²) in [5, 5.41) is 14.6. The quantitative estimate of drug-likeness (QED) is 0.454. The molecule has 0 spiro atoms. The number of rotatable bonds is 3. The van der Waals surface area contributed by atoms with Crippen molar-refractivity contribution in [3.8, 4) is 0 Å². The average molecular weight is 229 g/mol. The summed E-state index contributed by atoms with van der Waals surface area (Å²) in [6.45, 7) is 1.59. The molecule has 0 saturated carbocycles. The fraction of sp³-hybridized carbons (Fsp3) is 0.222. The molecule has 0 amide bonds. The maximum atomic E-state index is 10.7. The molecule has 0 radical (unpaired) electrons. The monoisotopic (exact) mass is 228 g/mol. The maximum Gasteiger partial charge on any atom is 0.280 e. The van der Waals surface area contributed by atoms with E-state index < -0.39 is 4.92 Å². The molecule has 0 unspecified atom stereocenters. The molecule has 0 bridgehead atoms. The SMILES string of the molecule is CO/N=C(/C)c1c(Cl)cccc1[N+](=O)[O-]. The number of halogens is 1. The Balaban J connectivity index is 3.37. The molecular weight excluding hydrogens is 220 g/mol. The minimum absolute atomic E-state index is 0.0826. The first-order valence-electron chi connectivity index (χ1n) is 4.09. The summed E-state index contributed by atoms with van der Waals surface area (Å²) in [5.74, 6) is 0. The lowest BCUT2D eigenvalue weighted by Crippen LogP contribution is -2.02. The van der Waals surface area contributed by atoms with Gasteiger partial charge in [0.25, 0.3) is 5.69 Å². The molecule has 1 aromatic carbocycles. The Morgan fingerprint density at radius 1 is 1.60 bits per heavy atom. The van der Waals surface area contributed by atoms with Crippen LogP contribution in [-0.2, 0) is 4.84 Å². The summed E-state index contributed by atoms with van der Waals surface area (Å²) in [4.78, 5) is 14.8. The Morgan fingerprint density at radius 2 is 2.27 bits per heavy atom. The van der Waals surface area contributed by atoms with Gasteiger partial charge < -0.3 is 4.84 Å². The van der Waals surface area contributed by atoms with Gasteiger partial charge in [-0.25, -0.2) is 0 Å². The average Bonchev–Trinajstić information content (AvgIpc) is 2.17. The molecule has 15 heavy (non-hydrogen) atoms. The predicted octanol–water partition coefficient (Wildman–Crippen LogP) is 2.62. The van der Waals surface area contributed by atoms with Crippen LogP contribution in [-0.4, -0.2) is 17.7 Å². The molecule has 0 aliphatic heterocycles. The molecule has 6 heteroatoms. The van der Waals surface area contributed by atoms with E-state index in [1.807, 2.05) is 0 Å². The zero-order chi connectivity index (χ0) is 11.4. The Kier molecular flexibility index (Phi) is 3.62. The van der Waals surface area contributed by atoms with Crippen LogP contribution in [0.15, 0.2) is 23.4 Å². The van der Waals surface area contributed by atoms with Gasteiger partial charge in [0.2, 0.25) is 0 Å². The van der Waals surface area contributed by atoms with E-state index in [2.05, 4.69) is 9.99 Å². The molecule has 0 fully saturated rings. The molecule has 5 nitrogen and oxygen atoms in total. The maximum absolute atomic E-state index is 10.7. The summed E-state index contributed by atoms with van der Waals surface area (Å²) in [6, 6.07) is 4.46. The molecule has 0 saturated heterocycles. The van der Waals surface area contributed by atoms with E-state index in [1.165, 1.54) is 19.2 Å². The first-order chi connectivity index (χ1) is 7.07. The molecule has 0 aliphatic rings. The second-order valence-corrected chi connectivity index (χ2v) is 3.16. The molecule has 0 heterocycles. The van der Waals surface area contributed by atoms with E-state index in [9.17, 15) is 10.1 Å². The summed E-state index contributed by atoms with van der Waals surface area (Å²) >= 11 is 5.86. The third-order valence-corrected chi connectivity index (χ3v) is 2.09. The number of nitrogens with zero attached hydrogens (tertiary/aromatic N) is 2. The van der Waals surface area contributed by atoms with E-state index in [0.29, 0.717) is 5.71 Å². The first kappa shape index (κ1) is 11.5. The van der Waals surface area contributed by atoms with Gasteiger partial charge in [0.05, 0.1) is 21.2 Å². The van der Waals surface area contributed by atoms with Crippen molar-refractivity contribution >= 4 is 23.0 Å². The Hall–Kier alpha value is -1.62. The molecular formula is C9H9ClN2O3. The van der Waals surface area contributed by atoms with Crippen molar-refractivity contribution in [3.05, 3.63) is 38.9 Å². The molecule has 80 valence electrons. The van der Waals surface area contributed by atoms with Gasteiger partial charge in [0, 0.05) is 6.07 Å². The van der Waals surface area contributed by atoms with Gasteiger partial charge in [0.1, 0.15) is 7.11 Å². The van der Waals surface area contributed by atoms with Crippen LogP contribution in [0.2, 0.25) is 5.02 Å². The highest BCUT2D eigenvalue weighted by Gasteiger charge is 2.19. The van der Waals surface area contributed by atoms with Crippen molar-refractivity contribution < 1.29 is 9.76 Å². The lowest BCUT2D eigenvalue weighted by atomic mass is 10.1. The van der Waals surface area contributed by atoms with Crippen LogP contribution in [0.4, 0.5) is 5.69 Å².